The first kappa shape index (κ1) is 16.5. The summed E-state index contributed by atoms with van der Waals surface area (Å²) < 4.78 is 7.73. The van der Waals surface area contributed by atoms with Crippen LogP contribution < -0.4 is 0 Å². The van der Waals surface area contributed by atoms with Gasteiger partial charge in [-0.1, -0.05) is 12.1 Å². The van der Waals surface area contributed by atoms with Crippen molar-refractivity contribution in [2.75, 3.05) is 19.7 Å². The summed E-state index contributed by atoms with van der Waals surface area (Å²) in [6, 6.07) is 9.33. The van der Waals surface area contributed by atoms with E-state index in [9.17, 15) is 4.79 Å². The van der Waals surface area contributed by atoms with E-state index in [2.05, 4.69) is 20.3 Å². The summed E-state index contributed by atoms with van der Waals surface area (Å²) in [7, 11) is 0. The molecule has 1 fully saturated rings. The standard InChI is InChI=1S/C18H20N6O2/c25-18(15-5-1-4-14(10-15)17-19-13-20-22-17)23-7-3-9-26-16(11-23)12-24-8-2-6-21-24/h1-2,4-6,8,10,13,16H,3,7,9,11-12H2,(H,19,20,22)/t16-/m0/s1. The number of carbonyl (C=O) groups excluding carboxylic acids is 1. The molecule has 3 aromatic rings. The number of benzene rings is 1. The van der Waals surface area contributed by atoms with Crippen molar-refractivity contribution in [2.24, 2.45) is 0 Å². The number of nitrogens with one attached hydrogen (secondary N) is 1. The molecule has 1 aromatic carbocycles. The van der Waals surface area contributed by atoms with Gasteiger partial charge in [0.2, 0.25) is 0 Å². The predicted octanol–water partition coefficient (Wildman–Crippen LogP) is 1.60. The van der Waals surface area contributed by atoms with E-state index in [0.717, 1.165) is 12.0 Å². The molecule has 4 rings (SSSR count). The van der Waals surface area contributed by atoms with Gasteiger partial charge in [-0.2, -0.15) is 10.2 Å². The van der Waals surface area contributed by atoms with Crippen molar-refractivity contribution < 1.29 is 9.53 Å². The second-order valence-electron chi connectivity index (χ2n) is 6.24. The van der Waals surface area contributed by atoms with Crippen LogP contribution >= 0.6 is 0 Å². The Morgan fingerprint density at radius 1 is 1.35 bits per heavy atom. The highest BCUT2D eigenvalue weighted by Crippen LogP contribution is 2.18. The number of aromatic nitrogens is 5. The second-order valence-corrected chi connectivity index (χ2v) is 6.24. The van der Waals surface area contributed by atoms with Crippen LogP contribution in [0.4, 0.5) is 0 Å². The molecular weight excluding hydrogens is 332 g/mol. The number of rotatable bonds is 4. The molecule has 0 spiro atoms. The van der Waals surface area contributed by atoms with Crippen molar-refractivity contribution in [3.8, 4) is 11.4 Å². The molecule has 134 valence electrons. The Morgan fingerprint density at radius 2 is 2.31 bits per heavy atom. The molecule has 0 aliphatic carbocycles. The summed E-state index contributed by atoms with van der Waals surface area (Å²) in [5, 5.41) is 10.9. The summed E-state index contributed by atoms with van der Waals surface area (Å²) in [5.74, 6) is 0.651. The molecule has 0 saturated carbocycles. The first-order chi connectivity index (χ1) is 12.8. The average Bonchev–Trinajstić information content (AvgIpc) is 3.33. The van der Waals surface area contributed by atoms with Gasteiger partial charge >= 0.3 is 0 Å². The zero-order chi connectivity index (χ0) is 17.8. The van der Waals surface area contributed by atoms with Gasteiger partial charge < -0.3 is 9.64 Å². The lowest BCUT2D eigenvalue weighted by molar-refractivity contribution is 0.0367. The highest BCUT2D eigenvalue weighted by atomic mass is 16.5. The number of hydrogen-bond acceptors (Lipinski definition) is 5. The molecule has 1 saturated heterocycles. The summed E-state index contributed by atoms with van der Waals surface area (Å²) in [5.41, 5.74) is 1.48. The lowest BCUT2D eigenvalue weighted by Gasteiger charge is -2.24. The minimum Gasteiger partial charge on any atom is -0.374 e. The van der Waals surface area contributed by atoms with E-state index >= 15 is 0 Å². The van der Waals surface area contributed by atoms with Crippen LogP contribution in [0.25, 0.3) is 11.4 Å². The van der Waals surface area contributed by atoms with Crippen LogP contribution in [0.1, 0.15) is 16.8 Å². The zero-order valence-corrected chi connectivity index (χ0v) is 14.3. The van der Waals surface area contributed by atoms with Crippen molar-refractivity contribution in [3.05, 3.63) is 54.6 Å². The van der Waals surface area contributed by atoms with Crippen molar-refractivity contribution in [3.63, 3.8) is 0 Å². The van der Waals surface area contributed by atoms with Crippen LogP contribution in [0.5, 0.6) is 0 Å². The Hall–Kier alpha value is -3.00. The first-order valence-corrected chi connectivity index (χ1v) is 8.64. The summed E-state index contributed by atoms with van der Waals surface area (Å²) in [4.78, 5) is 19.0. The average molecular weight is 352 g/mol. The Balaban J connectivity index is 1.50. The number of ether oxygens (including phenoxy) is 1. The molecule has 1 atom stereocenters. The number of carbonyl (C=O) groups is 1. The van der Waals surface area contributed by atoms with E-state index in [4.69, 9.17) is 4.74 Å². The van der Waals surface area contributed by atoms with Gasteiger partial charge in [0.25, 0.3) is 5.91 Å². The van der Waals surface area contributed by atoms with Gasteiger partial charge in [0.1, 0.15) is 6.33 Å². The molecule has 8 heteroatoms. The normalized spacial score (nSPS) is 17.8. The molecule has 0 radical (unpaired) electrons. The third-order valence-corrected chi connectivity index (χ3v) is 4.39. The van der Waals surface area contributed by atoms with Crippen molar-refractivity contribution in [1.82, 2.24) is 29.9 Å². The van der Waals surface area contributed by atoms with Crippen LogP contribution in [0.15, 0.2) is 49.1 Å². The predicted molar refractivity (Wildman–Crippen MR) is 94.3 cm³/mol. The quantitative estimate of drug-likeness (QED) is 0.770. The highest BCUT2D eigenvalue weighted by molar-refractivity contribution is 5.95. The molecule has 8 nitrogen and oxygen atoms in total. The fourth-order valence-electron chi connectivity index (χ4n) is 3.13. The number of amides is 1. The SMILES string of the molecule is O=C(c1cccc(-c2ncn[nH]2)c1)N1CCCO[C@H](Cn2cccn2)C1. The van der Waals surface area contributed by atoms with Crippen LogP contribution in [0.3, 0.4) is 0 Å². The van der Waals surface area contributed by atoms with Crippen LogP contribution in [0, 0.1) is 0 Å². The van der Waals surface area contributed by atoms with Crippen molar-refractivity contribution in [1.29, 1.82) is 0 Å². The third-order valence-electron chi connectivity index (χ3n) is 4.39. The van der Waals surface area contributed by atoms with Gasteiger partial charge in [-0.25, -0.2) is 4.98 Å². The summed E-state index contributed by atoms with van der Waals surface area (Å²) in [6.07, 6.45) is 5.85. The topological polar surface area (TPSA) is 88.9 Å². The Labute approximate surface area is 150 Å². The van der Waals surface area contributed by atoms with Gasteiger partial charge in [0.05, 0.1) is 12.6 Å². The minimum absolute atomic E-state index is 0.00216. The molecular formula is C18H20N6O2. The van der Waals surface area contributed by atoms with Crippen molar-refractivity contribution in [2.45, 2.75) is 19.1 Å². The second kappa shape index (κ2) is 7.49. The highest BCUT2D eigenvalue weighted by Gasteiger charge is 2.24. The molecule has 1 aliphatic heterocycles. The lowest BCUT2D eigenvalue weighted by Crippen LogP contribution is -2.38. The van der Waals surface area contributed by atoms with E-state index < -0.39 is 0 Å². The van der Waals surface area contributed by atoms with Gasteiger partial charge in [0.15, 0.2) is 5.82 Å². The van der Waals surface area contributed by atoms with E-state index in [1.165, 1.54) is 6.33 Å². The van der Waals surface area contributed by atoms with Gasteiger partial charge in [-0.05, 0) is 24.6 Å². The number of hydrogen-bond donors (Lipinski definition) is 1. The van der Waals surface area contributed by atoms with Gasteiger partial charge in [0, 0.05) is 43.2 Å². The monoisotopic (exact) mass is 352 g/mol. The fraction of sp³-hybridized carbons (Fsp3) is 0.333. The van der Waals surface area contributed by atoms with Crippen LogP contribution in [-0.2, 0) is 11.3 Å². The molecule has 1 aliphatic rings. The summed E-state index contributed by atoms with van der Waals surface area (Å²) in [6.45, 7) is 2.51. The number of aromatic amines is 1. The molecule has 2 aromatic heterocycles. The van der Waals surface area contributed by atoms with Gasteiger partial charge in [-0.3, -0.25) is 14.6 Å². The van der Waals surface area contributed by atoms with E-state index in [1.807, 2.05) is 46.1 Å². The molecule has 3 heterocycles. The maximum Gasteiger partial charge on any atom is 0.253 e. The zero-order valence-electron chi connectivity index (χ0n) is 14.3. The van der Waals surface area contributed by atoms with Crippen LogP contribution in [-0.4, -0.2) is 61.6 Å². The summed E-state index contributed by atoms with van der Waals surface area (Å²) >= 11 is 0. The van der Waals surface area contributed by atoms with E-state index in [-0.39, 0.29) is 12.0 Å². The Bertz CT molecular complexity index is 846. The number of H-pyrrole nitrogens is 1. The van der Waals surface area contributed by atoms with Crippen LogP contribution in [0.2, 0.25) is 0 Å². The van der Waals surface area contributed by atoms with Gasteiger partial charge in [-0.15, -0.1) is 0 Å². The smallest absolute Gasteiger partial charge is 0.253 e. The van der Waals surface area contributed by atoms with E-state index in [1.54, 1.807) is 6.20 Å². The molecule has 1 N–H and O–H groups in total. The molecule has 0 bridgehead atoms. The first-order valence-electron chi connectivity index (χ1n) is 8.64. The molecule has 0 unspecified atom stereocenters. The lowest BCUT2D eigenvalue weighted by atomic mass is 10.1. The Morgan fingerprint density at radius 3 is 3.12 bits per heavy atom. The molecule has 26 heavy (non-hydrogen) atoms. The Kier molecular flexibility index (Phi) is 4.74. The maximum atomic E-state index is 13.0. The number of nitrogens with zero attached hydrogens (tertiary/aromatic N) is 5. The molecule has 1 amide bonds. The van der Waals surface area contributed by atoms with Crippen molar-refractivity contribution >= 4 is 5.91 Å². The van der Waals surface area contributed by atoms with E-state index in [0.29, 0.717) is 37.6 Å². The largest absolute Gasteiger partial charge is 0.374 e. The minimum atomic E-state index is -0.0705. The third kappa shape index (κ3) is 3.65. The maximum absolute atomic E-state index is 13.0. The fourth-order valence-corrected chi connectivity index (χ4v) is 3.13.